The quantitative estimate of drug-likeness (QED) is 0.822. The molecule has 5 heteroatoms. The van der Waals surface area contributed by atoms with Gasteiger partial charge in [0, 0.05) is 11.7 Å². The van der Waals surface area contributed by atoms with Crippen molar-refractivity contribution in [1.29, 1.82) is 0 Å². The third-order valence-corrected chi connectivity index (χ3v) is 5.17. The molecular weight excluding hydrogens is 248 g/mol. The van der Waals surface area contributed by atoms with Crippen molar-refractivity contribution in [2.75, 3.05) is 5.73 Å². The smallest absolute Gasteiger partial charge is 0.240 e. The molecule has 0 saturated heterocycles. The van der Waals surface area contributed by atoms with Crippen molar-refractivity contribution in [3.8, 4) is 0 Å². The number of nitrogen functional groups attached to an aromatic ring is 1. The Morgan fingerprint density at radius 2 is 2.00 bits per heavy atom. The largest absolute Gasteiger partial charge is 0.399 e. The minimum atomic E-state index is -3.45. The Morgan fingerprint density at radius 3 is 2.61 bits per heavy atom. The van der Waals surface area contributed by atoms with Crippen LogP contribution in [0.25, 0.3) is 0 Å². The second-order valence-electron chi connectivity index (χ2n) is 5.03. The summed E-state index contributed by atoms with van der Waals surface area (Å²) in [5.74, 6) is 0.459. The number of rotatable bonds is 4. The van der Waals surface area contributed by atoms with Gasteiger partial charge in [-0.15, -0.1) is 0 Å². The Balaban J connectivity index is 2.11. The third-order valence-electron chi connectivity index (χ3n) is 3.62. The lowest BCUT2D eigenvalue weighted by atomic mass is 10.0. The maximum absolute atomic E-state index is 12.2. The third kappa shape index (κ3) is 3.03. The number of benzene rings is 1. The van der Waals surface area contributed by atoms with E-state index in [1.807, 2.05) is 6.92 Å². The van der Waals surface area contributed by atoms with Crippen molar-refractivity contribution in [3.05, 3.63) is 24.3 Å². The first-order valence-electron chi connectivity index (χ1n) is 6.37. The van der Waals surface area contributed by atoms with Crippen molar-refractivity contribution in [2.24, 2.45) is 5.92 Å². The molecule has 1 aromatic carbocycles. The van der Waals surface area contributed by atoms with Gasteiger partial charge in [-0.05, 0) is 43.9 Å². The Bertz CT molecular complexity index is 507. The van der Waals surface area contributed by atoms with Crippen LogP contribution in [0.15, 0.2) is 29.2 Å². The fraction of sp³-hybridized carbons (Fsp3) is 0.538. The molecule has 0 heterocycles. The molecular formula is C13H20N2O2S. The van der Waals surface area contributed by atoms with Crippen molar-refractivity contribution in [1.82, 2.24) is 4.72 Å². The van der Waals surface area contributed by atoms with Crippen LogP contribution < -0.4 is 10.5 Å². The number of nitrogens with two attached hydrogens (primary N) is 1. The normalized spacial score (nSPS) is 18.9. The SMILES string of the molecule is CC(NS(=O)(=O)c1cccc(N)c1)C1CCCC1. The maximum Gasteiger partial charge on any atom is 0.240 e. The topological polar surface area (TPSA) is 72.2 Å². The summed E-state index contributed by atoms with van der Waals surface area (Å²) >= 11 is 0. The monoisotopic (exact) mass is 268 g/mol. The summed E-state index contributed by atoms with van der Waals surface area (Å²) in [6.45, 7) is 1.94. The van der Waals surface area contributed by atoms with Gasteiger partial charge in [0.25, 0.3) is 0 Å². The lowest BCUT2D eigenvalue weighted by Crippen LogP contribution is -2.37. The minimum absolute atomic E-state index is 0.0149. The molecule has 1 aliphatic carbocycles. The van der Waals surface area contributed by atoms with Gasteiger partial charge in [0.1, 0.15) is 0 Å². The molecule has 100 valence electrons. The molecule has 1 aliphatic rings. The standard InChI is InChI=1S/C13H20N2O2S/c1-10(11-5-2-3-6-11)15-18(16,17)13-8-4-7-12(14)9-13/h4,7-11,15H,2-3,5-6,14H2,1H3. The molecule has 0 spiro atoms. The van der Waals surface area contributed by atoms with Gasteiger partial charge in [0.05, 0.1) is 4.90 Å². The fourth-order valence-electron chi connectivity index (χ4n) is 2.55. The Kier molecular flexibility index (Phi) is 3.92. The summed E-state index contributed by atoms with van der Waals surface area (Å²) in [7, 11) is -3.45. The Morgan fingerprint density at radius 1 is 1.33 bits per heavy atom. The zero-order valence-corrected chi connectivity index (χ0v) is 11.4. The average Bonchev–Trinajstić information content (AvgIpc) is 2.82. The zero-order chi connectivity index (χ0) is 13.2. The van der Waals surface area contributed by atoms with Crippen LogP contribution in [-0.4, -0.2) is 14.5 Å². The molecule has 1 aromatic rings. The summed E-state index contributed by atoms with van der Waals surface area (Å²) in [5, 5.41) is 0. The molecule has 0 amide bonds. The van der Waals surface area contributed by atoms with Crippen LogP contribution in [0, 0.1) is 5.92 Å². The van der Waals surface area contributed by atoms with Gasteiger partial charge in [0.15, 0.2) is 0 Å². The predicted octanol–water partition coefficient (Wildman–Crippen LogP) is 2.13. The van der Waals surface area contributed by atoms with Gasteiger partial charge in [-0.2, -0.15) is 0 Å². The number of anilines is 1. The zero-order valence-electron chi connectivity index (χ0n) is 10.6. The highest BCUT2D eigenvalue weighted by molar-refractivity contribution is 7.89. The van der Waals surface area contributed by atoms with Gasteiger partial charge < -0.3 is 5.73 Å². The van der Waals surface area contributed by atoms with Crippen LogP contribution in [0.4, 0.5) is 5.69 Å². The first kappa shape index (κ1) is 13.4. The molecule has 0 aromatic heterocycles. The number of hydrogen-bond acceptors (Lipinski definition) is 3. The second kappa shape index (κ2) is 5.28. The lowest BCUT2D eigenvalue weighted by Gasteiger charge is -2.20. The van der Waals surface area contributed by atoms with Crippen LogP contribution in [0.3, 0.4) is 0 Å². The van der Waals surface area contributed by atoms with Crippen LogP contribution >= 0.6 is 0 Å². The summed E-state index contributed by atoms with van der Waals surface area (Å²) in [4.78, 5) is 0.243. The summed E-state index contributed by atoms with van der Waals surface area (Å²) in [5.41, 5.74) is 6.08. The van der Waals surface area contributed by atoms with Crippen molar-refractivity contribution in [3.63, 3.8) is 0 Å². The van der Waals surface area contributed by atoms with Crippen molar-refractivity contribution < 1.29 is 8.42 Å². The highest BCUT2D eigenvalue weighted by Crippen LogP contribution is 2.28. The molecule has 1 saturated carbocycles. The Hall–Kier alpha value is -1.07. The first-order valence-corrected chi connectivity index (χ1v) is 7.85. The maximum atomic E-state index is 12.2. The van der Waals surface area contributed by atoms with Gasteiger partial charge in [-0.3, -0.25) is 0 Å². The minimum Gasteiger partial charge on any atom is -0.399 e. The van der Waals surface area contributed by atoms with E-state index in [0.29, 0.717) is 11.6 Å². The molecule has 2 rings (SSSR count). The van der Waals surface area contributed by atoms with E-state index < -0.39 is 10.0 Å². The molecule has 1 unspecified atom stereocenters. The molecule has 0 radical (unpaired) electrons. The van der Waals surface area contributed by atoms with Gasteiger partial charge in [-0.25, -0.2) is 13.1 Å². The lowest BCUT2D eigenvalue weighted by molar-refractivity contribution is 0.424. The van der Waals surface area contributed by atoms with E-state index in [1.54, 1.807) is 18.2 Å². The van der Waals surface area contributed by atoms with E-state index in [2.05, 4.69) is 4.72 Å². The van der Waals surface area contributed by atoms with Gasteiger partial charge in [-0.1, -0.05) is 18.9 Å². The van der Waals surface area contributed by atoms with E-state index in [4.69, 9.17) is 5.73 Å². The molecule has 1 fully saturated rings. The van der Waals surface area contributed by atoms with E-state index in [1.165, 1.54) is 18.9 Å². The number of nitrogens with one attached hydrogen (secondary N) is 1. The van der Waals surface area contributed by atoms with Crippen LogP contribution in [0.5, 0.6) is 0 Å². The van der Waals surface area contributed by atoms with Crippen LogP contribution in [-0.2, 0) is 10.0 Å². The number of hydrogen-bond donors (Lipinski definition) is 2. The summed E-state index contributed by atoms with van der Waals surface area (Å²) < 4.78 is 27.1. The molecule has 18 heavy (non-hydrogen) atoms. The fourth-order valence-corrected chi connectivity index (χ4v) is 3.92. The van der Waals surface area contributed by atoms with Crippen molar-refractivity contribution >= 4 is 15.7 Å². The molecule has 3 N–H and O–H groups in total. The summed E-state index contributed by atoms with van der Waals surface area (Å²) in [6.07, 6.45) is 4.63. The van der Waals surface area contributed by atoms with E-state index in [9.17, 15) is 8.42 Å². The van der Waals surface area contributed by atoms with Crippen LogP contribution in [0.2, 0.25) is 0 Å². The predicted molar refractivity (Wildman–Crippen MR) is 72.6 cm³/mol. The highest BCUT2D eigenvalue weighted by Gasteiger charge is 2.26. The first-order chi connectivity index (χ1) is 8.49. The van der Waals surface area contributed by atoms with E-state index in [0.717, 1.165) is 12.8 Å². The molecule has 0 bridgehead atoms. The molecule has 0 aliphatic heterocycles. The molecule has 1 atom stereocenters. The number of sulfonamides is 1. The van der Waals surface area contributed by atoms with Gasteiger partial charge >= 0.3 is 0 Å². The van der Waals surface area contributed by atoms with Gasteiger partial charge in [0.2, 0.25) is 10.0 Å². The summed E-state index contributed by atoms with van der Waals surface area (Å²) in [6, 6.07) is 6.38. The van der Waals surface area contributed by atoms with E-state index >= 15 is 0 Å². The average molecular weight is 268 g/mol. The van der Waals surface area contributed by atoms with Crippen LogP contribution in [0.1, 0.15) is 32.6 Å². The molecule has 4 nitrogen and oxygen atoms in total. The second-order valence-corrected chi connectivity index (χ2v) is 6.74. The Labute approximate surface area is 109 Å². The van der Waals surface area contributed by atoms with E-state index in [-0.39, 0.29) is 10.9 Å². The highest BCUT2D eigenvalue weighted by atomic mass is 32.2. The van der Waals surface area contributed by atoms with Crippen molar-refractivity contribution in [2.45, 2.75) is 43.5 Å².